The Morgan fingerprint density at radius 2 is 1.67 bits per heavy atom. The minimum absolute atomic E-state index is 0.0398. The predicted octanol–water partition coefficient (Wildman–Crippen LogP) is 4.12. The lowest BCUT2D eigenvalue weighted by Gasteiger charge is -2.20. The van der Waals surface area contributed by atoms with Crippen molar-refractivity contribution in [2.75, 3.05) is 13.7 Å². The summed E-state index contributed by atoms with van der Waals surface area (Å²) in [7, 11) is 1.34. The van der Waals surface area contributed by atoms with Gasteiger partial charge in [0.2, 0.25) is 5.91 Å². The molecule has 0 spiro atoms. The van der Waals surface area contributed by atoms with Crippen LogP contribution in [0.25, 0.3) is 0 Å². The summed E-state index contributed by atoms with van der Waals surface area (Å²) in [6.07, 6.45) is 0. The van der Waals surface area contributed by atoms with E-state index in [4.69, 9.17) is 16.3 Å². The summed E-state index contributed by atoms with van der Waals surface area (Å²) in [5.74, 6) is -1.56. The highest BCUT2D eigenvalue weighted by molar-refractivity contribution is 6.30. The summed E-state index contributed by atoms with van der Waals surface area (Å²) in [6, 6.07) is 20.0. The molecule has 154 valence electrons. The lowest BCUT2D eigenvalue weighted by Crippen LogP contribution is -2.39. The van der Waals surface area contributed by atoms with E-state index in [0.29, 0.717) is 5.02 Å². The van der Waals surface area contributed by atoms with Crippen molar-refractivity contribution in [3.05, 3.63) is 100 Å². The third kappa shape index (κ3) is 5.36. The molecule has 3 aromatic rings. The smallest absolute Gasteiger partial charge is 0.251 e. The molecule has 5 nitrogen and oxygen atoms in total. The standard InChI is InChI=1S/C23H20ClFN2O3/c1-30-20-12-9-17(13-19(20)25)23(29)26-14-21(28)27-22(15-5-3-2-4-6-15)16-7-10-18(24)11-8-16/h2-13,22H,14H2,1H3,(H,26,29)(H,27,28). The molecule has 1 atom stereocenters. The zero-order valence-corrected chi connectivity index (χ0v) is 16.9. The van der Waals surface area contributed by atoms with Crippen molar-refractivity contribution < 1.29 is 18.7 Å². The van der Waals surface area contributed by atoms with Gasteiger partial charge in [0.1, 0.15) is 0 Å². The predicted molar refractivity (Wildman–Crippen MR) is 113 cm³/mol. The second-order valence-electron chi connectivity index (χ2n) is 6.49. The number of ether oxygens (including phenoxy) is 1. The van der Waals surface area contributed by atoms with Gasteiger partial charge in [-0.2, -0.15) is 0 Å². The third-order valence-electron chi connectivity index (χ3n) is 4.47. The molecule has 7 heteroatoms. The Bertz CT molecular complexity index is 1030. The summed E-state index contributed by atoms with van der Waals surface area (Å²) in [5, 5.41) is 6.01. The highest BCUT2D eigenvalue weighted by Gasteiger charge is 2.18. The fourth-order valence-electron chi connectivity index (χ4n) is 2.94. The number of rotatable bonds is 7. The Labute approximate surface area is 178 Å². The van der Waals surface area contributed by atoms with E-state index in [1.54, 1.807) is 12.1 Å². The van der Waals surface area contributed by atoms with Crippen molar-refractivity contribution in [1.82, 2.24) is 10.6 Å². The first-order valence-electron chi connectivity index (χ1n) is 9.19. The van der Waals surface area contributed by atoms with E-state index in [1.807, 2.05) is 42.5 Å². The van der Waals surface area contributed by atoms with Crippen LogP contribution in [0.2, 0.25) is 5.02 Å². The normalized spacial score (nSPS) is 11.4. The maximum Gasteiger partial charge on any atom is 0.251 e. The maximum absolute atomic E-state index is 13.8. The van der Waals surface area contributed by atoms with Crippen LogP contribution in [-0.2, 0) is 4.79 Å². The Balaban J connectivity index is 1.68. The van der Waals surface area contributed by atoms with Crippen molar-refractivity contribution in [3.8, 4) is 5.75 Å². The zero-order chi connectivity index (χ0) is 21.5. The van der Waals surface area contributed by atoms with Gasteiger partial charge in [-0.1, -0.05) is 54.1 Å². The van der Waals surface area contributed by atoms with Gasteiger partial charge in [0, 0.05) is 10.6 Å². The molecule has 0 bridgehead atoms. The molecule has 0 heterocycles. The monoisotopic (exact) mass is 426 g/mol. The molecule has 2 N–H and O–H groups in total. The molecule has 0 radical (unpaired) electrons. The Hall–Kier alpha value is -3.38. The number of methoxy groups -OCH3 is 1. The first-order chi connectivity index (χ1) is 14.5. The van der Waals surface area contributed by atoms with Crippen LogP contribution in [-0.4, -0.2) is 25.5 Å². The topological polar surface area (TPSA) is 67.4 Å². The van der Waals surface area contributed by atoms with Crippen molar-refractivity contribution in [3.63, 3.8) is 0 Å². The second-order valence-corrected chi connectivity index (χ2v) is 6.93. The van der Waals surface area contributed by atoms with E-state index in [-0.39, 0.29) is 23.8 Å². The average molecular weight is 427 g/mol. The van der Waals surface area contributed by atoms with Crippen molar-refractivity contribution in [2.24, 2.45) is 0 Å². The molecule has 0 aliphatic heterocycles. The molecule has 30 heavy (non-hydrogen) atoms. The molecule has 0 fully saturated rings. The maximum atomic E-state index is 13.8. The second kappa shape index (κ2) is 9.89. The van der Waals surface area contributed by atoms with E-state index in [0.717, 1.165) is 17.2 Å². The van der Waals surface area contributed by atoms with Crippen molar-refractivity contribution in [2.45, 2.75) is 6.04 Å². The fourth-order valence-corrected chi connectivity index (χ4v) is 3.07. The van der Waals surface area contributed by atoms with Gasteiger partial charge >= 0.3 is 0 Å². The first kappa shape index (κ1) is 21.3. The van der Waals surface area contributed by atoms with E-state index in [1.165, 1.54) is 19.2 Å². The van der Waals surface area contributed by atoms with Gasteiger partial charge in [-0.25, -0.2) is 4.39 Å². The van der Waals surface area contributed by atoms with Crippen LogP contribution in [0.15, 0.2) is 72.8 Å². The van der Waals surface area contributed by atoms with E-state index in [2.05, 4.69) is 10.6 Å². The highest BCUT2D eigenvalue weighted by atomic mass is 35.5. The van der Waals surface area contributed by atoms with E-state index < -0.39 is 17.8 Å². The Morgan fingerprint density at radius 3 is 2.30 bits per heavy atom. The highest BCUT2D eigenvalue weighted by Crippen LogP contribution is 2.23. The summed E-state index contributed by atoms with van der Waals surface area (Å²) < 4.78 is 18.6. The summed E-state index contributed by atoms with van der Waals surface area (Å²) in [5.41, 5.74) is 1.83. The number of carbonyl (C=O) groups excluding carboxylic acids is 2. The summed E-state index contributed by atoms with van der Waals surface area (Å²) in [6.45, 7) is -0.261. The molecule has 0 aromatic heterocycles. The number of hydrogen-bond donors (Lipinski definition) is 2. The number of nitrogens with one attached hydrogen (secondary N) is 2. The van der Waals surface area contributed by atoms with Gasteiger partial charge in [0.05, 0.1) is 19.7 Å². The van der Waals surface area contributed by atoms with Gasteiger partial charge in [0.15, 0.2) is 11.6 Å². The lowest BCUT2D eigenvalue weighted by atomic mass is 9.98. The Morgan fingerprint density at radius 1 is 1.00 bits per heavy atom. The van der Waals surface area contributed by atoms with E-state index >= 15 is 0 Å². The minimum Gasteiger partial charge on any atom is -0.494 e. The molecule has 0 aliphatic carbocycles. The molecule has 0 saturated carbocycles. The number of hydrogen-bond acceptors (Lipinski definition) is 3. The Kier molecular flexibility index (Phi) is 7.03. The van der Waals surface area contributed by atoms with E-state index in [9.17, 15) is 14.0 Å². The van der Waals surface area contributed by atoms with Crippen LogP contribution in [0.4, 0.5) is 4.39 Å². The fraction of sp³-hybridized carbons (Fsp3) is 0.130. The number of halogens is 2. The number of carbonyl (C=O) groups is 2. The van der Waals surface area contributed by atoms with Gasteiger partial charge in [-0.3, -0.25) is 9.59 Å². The molecule has 0 saturated heterocycles. The van der Waals surface area contributed by atoms with Crippen LogP contribution in [0, 0.1) is 5.82 Å². The largest absolute Gasteiger partial charge is 0.494 e. The summed E-state index contributed by atoms with van der Waals surface area (Å²) >= 11 is 5.97. The van der Waals surface area contributed by atoms with Gasteiger partial charge in [-0.05, 0) is 41.5 Å². The number of benzene rings is 3. The molecular formula is C23H20ClFN2O3. The lowest BCUT2D eigenvalue weighted by molar-refractivity contribution is -0.120. The van der Waals surface area contributed by atoms with Gasteiger partial charge in [0.25, 0.3) is 5.91 Å². The molecule has 3 rings (SSSR count). The number of amides is 2. The quantitative estimate of drug-likeness (QED) is 0.597. The van der Waals surface area contributed by atoms with Crippen molar-refractivity contribution >= 4 is 23.4 Å². The average Bonchev–Trinajstić information content (AvgIpc) is 2.77. The molecular weight excluding hydrogens is 407 g/mol. The third-order valence-corrected chi connectivity index (χ3v) is 4.72. The van der Waals surface area contributed by atoms with Crippen LogP contribution < -0.4 is 15.4 Å². The van der Waals surface area contributed by atoms with Crippen LogP contribution in [0.1, 0.15) is 27.5 Å². The van der Waals surface area contributed by atoms with Crippen LogP contribution in [0.3, 0.4) is 0 Å². The zero-order valence-electron chi connectivity index (χ0n) is 16.2. The molecule has 3 aromatic carbocycles. The summed E-state index contributed by atoms with van der Waals surface area (Å²) in [4.78, 5) is 24.8. The molecule has 2 amide bonds. The van der Waals surface area contributed by atoms with Crippen LogP contribution in [0.5, 0.6) is 5.75 Å². The minimum atomic E-state index is -0.651. The van der Waals surface area contributed by atoms with Gasteiger partial charge < -0.3 is 15.4 Å². The molecule has 0 aliphatic rings. The van der Waals surface area contributed by atoms with Crippen LogP contribution >= 0.6 is 11.6 Å². The first-order valence-corrected chi connectivity index (χ1v) is 9.57. The van der Waals surface area contributed by atoms with Gasteiger partial charge in [-0.15, -0.1) is 0 Å². The van der Waals surface area contributed by atoms with Crippen molar-refractivity contribution in [1.29, 1.82) is 0 Å². The molecule has 1 unspecified atom stereocenters. The SMILES string of the molecule is COc1ccc(C(=O)NCC(=O)NC(c2ccccc2)c2ccc(Cl)cc2)cc1F.